The van der Waals surface area contributed by atoms with Crippen molar-refractivity contribution in [2.24, 2.45) is 0 Å². The highest BCUT2D eigenvalue weighted by Gasteiger charge is 2.19. The predicted octanol–water partition coefficient (Wildman–Crippen LogP) is 3.34. The summed E-state index contributed by atoms with van der Waals surface area (Å²) in [6, 6.07) is 7.69. The fourth-order valence-electron chi connectivity index (χ4n) is 2.81. The molecule has 0 bridgehead atoms. The van der Waals surface area contributed by atoms with Gasteiger partial charge in [-0.25, -0.2) is 9.97 Å². The molecule has 3 rings (SSSR count). The first-order chi connectivity index (χ1) is 15.7. The molecule has 8 nitrogen and oxygen atoms in total. The molecule has 0 aliphatic rings. The average molecular weight is 491 g/mol. The van der Waals surface area contributed by atoms with E-state index in [2.05, 4.69) is 41.4 Å². The van der Waals surface area contributed by atoms with Crippen LogP contribution >= 0.6 is 23.1 Å². The van der Waals surface area contributed by atoms with Gasteiger partial charge in [-0.05, 0) is 11.1 Å². The third-order valence-corrected chi connectivity index (χ3v) is 6.76. The molecule has 0 saturated carbocycles. The van der Waals surface area contributed by atoms with Crippen LogP contribution in [-0.4, -0.2) is 45.3 Å². The van der Waals surface area contributed by atoms with E-state index in [0.29, 0.717) is 29.9 Å². The number of thioether (sulfide) groups is 1. The Kier molecular flexibility index (Phi) is 9.04. The van der Waals surface area contributed by atoms with Crippen LogP contribution in [0.15, 0.2) is 45.3 Å². The summed E-state index contributed by atoms with van der Waals surface area (Å²) < 4.78 is 6.79. The summed E-state index contributed by atoms with van der Waals surface area (Å²) >= 11 is 3.00. The first-order valence-electron chi connectivity index (χ1n) is 10.6. The average Bonchev–Trinajstić information content (AvgIpc) is 3.42. The monoisotopic (exact) mass is 490 g/mol. The van der Waals surface area contributed by atoms with Crippen molar-refractivity contribution in [1.29, 1.82) is 0 Å². The van der Waals surface area contributed by atoms with Crippen LogP contribution in [0, 0.1) is 0 Å². The molecule has 1 atom stereocenters. The highest BCUT2D eigenvalue weighted by atomic mass is 32.2. The number of anilines is 1. The van der Waals surface area contributed by atoms with E-state index < -0.39 is 6.10 Å². The first kappa shape index (κ1) is 25.4. The molecule has 3 aromatic rings. The van der Waals surface area contributed by atoms with Crippen molar-refractivity contribution in [3.63, 3.8) is 0 Å². The van der Waals surface area contributed by atoms with Crippen LogP contribution in [0.2, 0.25) is 0 Å². The van der Waals surface area contributed by atoms with E-state index in [1.165, 1.54) is 11.3 Å². The molecule has 1 aromatic carbocycles. The summed E-state index contributed by atoms with van der Waals surface area (Å²) in [5.41, 5.74) is 1.86. The van der Waals surface area contributed by atoms with E-state index in [9.17, 15) is 9.90 Å². The number of carbonyl (C=O) groups is 1. The number of aliphatic hydroxyl groups excluding tert-OH is 2. The van der Waals surface area contributed by atoms with Crippen LogP contribution in [0.5, 0.6) is 0 Å². The molecule has 2 heterocycles. The Hall–Kier alpha value is -2.24. The number of oxazole rings is 1. The highest BCUT2D eigenvalue weighted by molar-refractivity contribution is 8.00. The molecule has 0 aliphatic carbocycles. The quantitative estimate of drug-likeness (QED) is 0.302. The van der Waals surface area contributed by atoms with Crippen molar-refractivity contribution in [2.75, 3.05) is 18.5 Å². The van der Waals surface area contributed by atoms with Gasteiger partial charge in [-0.15, -0.1) is 11.8 Å². The van der Waals surface area contributed by atoms with Crippen LogP contribution < -0.4 is 10.6 Å². The highest BCUT2D eigenvalue weighted by Crippen LogP contribution is 2.31. The number of amides is 1. The Bertz CT molecular complexity index is 1030. The van der Waals surface area contributed by atoms with Gasteiger partial charge in [0.25, 0.3) is 0 Å². The number of thiazole rings is 1. The van der Waals surface area contributed by atoms with Crippen molar-refractivity contribution in [1.82, 2.24) is 15.3 Å². The van der Waals surface area contributed by atoms with Crippen LogP contribution in [-0.2, 0) is 28.9 Å². The number of hydrogen-bond donors (Lipinski definition) is 4. The molecule has 0 aliphatic heterocycles. The minimum Gasteiger partial charge on any atom is -0.444 e. The lowest BCUT2D eigenvalue weighted by Gasteiger charge is -2.12. The number of rotatable bonds is 11. The molecule has 178 valence electrons. The van der Waals surface area contributed by atoms with Gasteiger partial charge >= 0.3 is 0 Å². The van der Waals surface area contributed by atoms with E-state index in [1.54, 1.807) is 24.2 Å². The molecule has 1 unspecified atom stereocenters. The maximum absolute atomic E-state index is 12.4. The summed E-state index contributed by atoms with van der Waals surface area (Å²) in [4.78, 5) is 21.0. The Labute approximate surface area is 201 Å². The molecule has 0 spiro atoms. The molecule has 0 saturated heterocycles. The number of aromatic nitrogens is 2. The molecule has 4 N–H and O–H groups in total. The standard InChI is InChI=1S/C23H30N4O4S2/c1-23(2,3)18-11-25-20(31-18)14-32-21-12-26-22(33-21)27-19(30)8-15-4-6-16(7-5-15)9-24-10-17(29)13-28/h4-7,11-12,17,24,28-29H,8-10,13-14H2,1-3H3,(H,26,27,30). The second kappa shape index (κ2) is 11.8. The lowest BCUT2D eigenvalue weighted by atomic mass is 9.94. The molecule has 0 fully saturated rings. The number of carbonyl (C=O) groups excluding carboxylic acids is 1. The van der Waals surface area contributed by atoms with Crippen LogP contribution in [0.4, 0.5) is 5.13 Å². The second-order valence-corrected chi connectivity index (χ2v) is 11.0. The smallest absolute Gasteiger partial charge is 0.230 e. The van der Waals surface area contributed by atoms with Gasteiger partial charge in [-0.3, -0.25) is 4.79 Å². The fraction of sp³-hybridized carbons (Fsp3) is 0.435. The summed E-state index contributed by atoms with van der Waals surface area (Å²) in [7, 11) is 0. The molecule has 2 aromatic heterocycles. The van der Waals surface area contributed by atoms with E-state index in [-0.39, 0.29) is 24.3 Å². The third kappa shape index (κ3) is 8.24. The maximum Gasteiger partial charge on any atom is 0.230 e. The minimum atomic E-state index is -0.763. The Morgan fingerprint density at radius 1 is 1.18 bits per heavy atom. The normalized spacial score (nSPS) is 12.6. The van der Waals surface area contributed by atoms with Gasteiger partial charge in [0.2, 0.25) is 11.8 Å². The van der Waals surface area contributed by atoms with E-state index in [1.807, 2.05) is 24.3 Å². The zero-order valence-corrected chi connectivity index (χ0v) is 20.6. The van der Waals surface area contributed by atoms with Gasteiger partial charge in [0, 0.05) is 18.5 Å². The topological polar surface area (TPSA) is 121 Å². The zero-order valence-electron chi connectivity index (χ0n) is 19.0. The van der Waals surface area contributed by atoms with Gasteiger partial charge < -0.3 is 25.3 Å². The number of aliphatic hydroxyl groups is 2. The molecule has 1 amide bonds. The number of hydrogen-bond acceptors (Lipinski definition) is 9. The van der Waals surface area contributed by atoms with E-state index >= 15 is 0 Å². The summed E-state index contributed by atoms with van der Waals surface area (Å²) in [6.07, 6.45) is 3.01. The summed E-state index contributed by atoms with van der Waals surface area (Å²) in [6.45, 7) is 6.89. The van der Waals surface area contributed by atoms with Gasteiger partial charge in [-0.2, -0.15) is 0 Å². The largest absolute Gasteiger partial charge is 0.444 e. The molecule has 0 radical (unpaired) electrons. The molecule has 10 heteroatoms. The molecular formula is C23H30N4O4S2. The Morgan fingerprint density at radius 3 is 2.58 bits per heavy atom. The fourth-order valence-corrected chi connectivity index (χ4v) is 4.55. The van der Waals surface area contributed by atoms with Gasteiger partial charge in [0.15, 0.2) is 5.13 Å². The van der Waals surface area contributed by atoms with Crippen LogP contribution in [0.3, 0.4) is 0 Å². The Balaban J connectivity index is 1.43. The van der Waals surface area contributed by atoms with Gasteiger partial charge in [-0.1, -0.05) is 56.4 Å². The molecular weight excluding hydrogens is 460 g/mol. The zero-order chi connectivity index (χ0) is 23.8. The van der Waals surface area contributed by atoms with Crippen molar-refractivity contribution in [2.45, 2.75) is 55.2 Å². The van der Waals surface area contributed by atoms with Crippen molar-refractivity contribution >= 4 is 34.1 Å². The lowest BCUT2D eigenvalue weighted by Crippen LogP contribution is -2.28. The lowest BCUT2D eigenvalue weighted by molar-refractivity contribution is -0.115. The van der Waals surface area contributed by atoms with E-state index in [4.69, 9.17) is 9.52 Å². The summed E-state index contributed by atoms with van der Waals surface area (Å²) in [5.74, 6) is 2.01. The SMILES string of the molecule is CC(C)(C)c1cnc(CSc2cnc(NC(=O)Cc3ccc(CNCC(O)CO)cc3)s2)o1. The van der Waals surface area contributed by atoms with Crippen molar-refractivity contribution in [3.05, 3.63) is 59.4 Å². The van der Waals surface area contributed by atoms with Gasteiger partial charge in [0.1, 0.15) is 5.76 Å². The second-order valence-electron chi connectivity index (χ2n) is 8.65. The number of nitrogens with zero attached hydrogens (tertiary/aromatic N) is 2. The van der Waals surface area contributed by atoms with Gasteiger partial charge in [0.05, 0.1) is 41.5 Å². The minimum absolute atomic E-state index is 0.0705. The third-order valence-electron chi connectivity index (χ3n) is 4.67. The van der Waals surface area contributed by atoms with Crippen LogP contribution in [0.1, 0.15) is 43.5 Å². The maximum atomic E-state index is 12.4. The molecule has 33 heavy (non-hydrogen) atoms. The Morgan fingerprint density at radius 2 is 1.91 bits per heavy atom. The number of benzene rings is 1. The van der Waals surface area contributed by atoms with Crippen LogP contribution in [0.25, 0.3) is 0 Å². The van der Waals surface area contributed by atoms with E-state index in [0.717, 1.165) is 21.1 Å². The summed E-state index contributed by atoms with van der Waals surface area (Å²) in [5, 5.41) is 24.6. The van der Waals surface area contributed by atoms with Crippen molar-refractivity contribution in [3.8, 4) is 0 Å². The number of nitrogens with one attached hydrogen (secondary N) is 2. The first-order valence-corrected chi connectivity index (χ1v) is 12.4. The van der Waals surface area contributed by atoms with Crippen molar-refractivity contribution < 1.29 is 19.4 Å². The predicted molar refractivity (Wildman–Crippen MR) is 130 cm³/mol.